The Balaban J connectivity index is 2.13. The van der Waals surface area contributed by atoms with E-state index < -0.39 is 42.3 Å². The average Bonchev–Trinajstić information content (AvgIpc) is 3.01. The van der Waals surface area contributed by atoms with Crippen LogP contribution in [0, 0.1) is 18.3 Å². The first-order valence-corrected chi connectivity index (χ1v) is 6.14. The van der Waals surface area contributed by atoms with Gasteiger partial charge < -0.3 is 14.9 Å². The summed E-state index contributed by atoms with van der Waals surface area (Å²) < 4.78 is 34.1. The van der Waals surface area contributed by atoms with Crippen molar-refractivity contribution in [3.63, 3.8) is 0 Å². The van der Waals surface area contributed by atoms with E-state index in [9.17, 15) is 23.8 Å². The van der Waals surface area contributed by atoms with Crippen LogP contribution in [0.15, 0.2) is 11.1 Å². The van der Waals surface area contributed by atoms with Crippen molar-refractivity contribution in [2.45, 2.75) is 24.1 Å². The molecular formula is C12H10F2N4O4. The zero-order valence-corrected chi connectivity index (χ0v) is 10.9. The Hall–Kier alpha value is -2.35. The van der Waals surface area contributed by atoms with Gasteiger partial charge in [0.2, 0.25) is 5.95 Å². The quantitative estimate of drug-likeness (QED) is 0.477. The Morgan fingerprint density at radius 2 is 2.36 bits per heavy atom. The second-order valence-electron chi connectivity index (χ2n) is 4.77. The number of rotatable bonds is 2. The maximum atomic E-state index is 14.3. The van der Waals surface area contributed by atoms with Crippen molar-refractivity contribution in [2.24, 2.45) is 0 Å². The van der Waals surface area contributed by atoms with Crippen molar-refractivity contribution in [2.75, 3.05) is 6.61 Å². The molecule has 22 heavy (non-hydrogen) atoms. The van der Waals surface area contributed by atoms with E-state index in [2.05, 4.69) is 9.97 Å². The molecule has 0 amide bonds. The van der Waals surface area contributed by atoms with E-state index in [1.807, 2.05) is 10.9 Å². The van der Waals surface area contributed by atoms with Crippen LogP contribution < -0.4 is 5.69 Å². The number of aromatic nitrogens is 4. The van der Waals surface area contributed by atoms with Crippen LogP contribution in [0.25, 0.3) is 11.2 Å². The van der Waals surface area contributed by atoms with Crippen molar-refractivity contribution in [1.29, 1.82) is 0 Å². The summed E-state index contributed by atoms with van der Waals surface area (Å²) in [4.78, 5) is 20.2. The summed E-state index contributed by atoms with van der Waals surface area (Å²) >= 11 is 0. The zero-order valence-electron chi connectivity index (χ0n) is 10.9. The minimum atomic E-state index is -2.04. The summed E-state index contributed by atoms with van der Waals surface area (Å²) in [7, 11) is 0. The largest absolute Gasteiger partial charge is 0.392 e. The SMILES string of the molecule is C#CC1(CO)OC(n2cnc3c(F)[nH]c(=O)nc32)C(F)C1O. The van der Waals surface area contributed by atoms with Gasteiger partial charge in [0.25, 0.3) is 0 Å². The Bertz CT molecular complexity index is 829. The van der Waals surface area contributed by atoms with Gasteiger partial charge in [0, 0.05) is 0 Å². The molecule has 2 aromatic heterocycles. The van der Waals surface area contributed by atoms with Crippen LogP contribution in [-0.2, 0) is 4.74 Å². The van der Waals surface area contributed by atoms with Crippen LogP contribution in [0.5, 0.6) is 0 Å². The Morgan fingerprint density at radius 3 is 2.95 bits per heavy atom. The van der Waals surface area contributed by atoms with Crippen molar-refractivity contribution >= 4 is 11.2 Å². The highest BCUT2D eigenvalue weighted by Gasteiger charge is 2.55. The molecule has 1 aliphatic heterocycles. The zero-order chi connectivity index (χ0) is 16.1. The van der Waals surface area contributed by atoms with Crippen LogP contribution in [-0.4, -0.2) is 54.2 Å². The molecule has 8 nitrogen and oxygen atoms in total. The molecule has 3 rings (SSSR count). The topological polar surface area (TPSA) is 113 Å². The average molecular weight is 312 g/mol. The van der Waals surface area contributed by atoms with E-state index in [4.69, 9.17) is 11.2 Å². The number of ether oxygens (including phenoxy) is 1. The molecule has 1 aliphatic rings. The Kier molecular flexibility index (Phi) is 3.21. The molecular weight excluding hydrogens is 302 g/mol. The van der Waals surface area contributed by atoms with Crippen molar-refractivity contribution in [3.8, 4) is 12.3 Å². The molecule has 0 aromatic carbocycles. The molecule has 0 bridgehead atoms. The molecule has 3 heterocycles. The smallest absolute Gasteiger partial charge is 0.349 e. The van der Waals surface area contributed by atoms with Crippen LogP contribution in [0.2, 0.25) is 0 Å². The standard InChI is InChI=1S/C12H10F2N4O4/c1-2-12(3-19)7(20)5(13)10(22-12)18-4-15-6-8(14)16-11(21)17-9(6)18/h1,4-5,7,10,19-20H,3H2,(H,16,17,21). The van der Waals surface area contributed by atoms with E-state index in [0.29, 0.717) is 0 Å². The van der Waals surface area contributed by atoms with Crippen LogP contribution in [0.3, 0.4) is 0 Å². The fourth-order valence-electron chi connectivity index (χ4n) is 2.35. The number of imidazole rings is 1. The number of hydrogen-bond donors (Lipinski definition) is 3. The number of terminal acetylenes is 1. The van der Waals surface area contributed by atoms with Crippen LogP contribution in [0.4, 0.5) is 8.78 Å². The highest BCUT2D eigenvalue weighted by atomic mass is 19.1. The first kappa shape index (κ1) is 14.6. The van der Waals surface area contributed by atoms with Gasteiger partial charge in [0.05, 0.1) is 12.9 Å². The predicted octanol–water partition coefficient (Wildman–Crippen LogP) is -1.15. The van der Waals surface area contributed by atoms with Gasteiger partial charge in [-0.3, -0.25) is 9.55 Å². The highest BCUT2D eigenvalue weighted by Crippen LogP contribution is 2.39. The summed E-state index contributed by atoms with van der Waals surface area (Å²) in [6.45, 7) is -0.823. The summed E-state index contributed by atoms with van der Waals surface area (Å²) in [5, 5.41) is 19.1. The number of nitrogens with zero attached hydrogens (tertiary/aromatic N) is 3. The number of aromatic amines is 1. The lowest BCUT2D eigenvalue weighted by Crippen LogP contribution is -2.44. The first-order valence-electron chi connectivity index (χ1n) is 6.14. The molecule has 1 fully saturated rings. The van der Waals surface area contributed by atoms with Gasteiger partial charge >= 0.3 is 5.69 Å². The third kappa shape index (κ3) is 1.83. The molecule has 2 aromatic rings. The molecule has 0 aliphatic carbocycles. The van der Waals surface area contributed by atoms with E-state index >= 15 is 0 Å². The number of aliphatic hydroxyl groups excluding tert-OH is 2. The Labute approximate surface area is 121 Å². The lowest BCUT2D eigenvalue weighted by atomic mass is 9.98. The number of H-pyrrole nitrogens is 1. The van der Waals surface area contributed by atoms with Gasteiger partial charge in [0.1, 0.15) is 6.10 Å². The van der Waals surface area contributed by atoms with E-state index in [1.165, 1.54) is 0 Å². The fraction of sp³-hybridized carbons (Fsp3) is 0.417. The second kappa shape index (κ2) is 4.84. The molecule has 4 atom stereocenters. The number of halogens is 2. The maximum absolute atomic E-state index is 14.3. The van der Waals surface area contributed by atoms with Gasteiger partial charge in [-0.15, -0.1) is 6.42 Å². The Morgan fingerprint density at radius 1 is 1.64 bits per heavy atom. The van der Waals surface area contributed by atoms with Gasteiger partial charge in [-0.1, -0.05) is 5.92 Å². The summed E-state index contributed by atoms with van der Waals surface area (Å²) in [6, 6.07) is 0. The molecule has 1 saturated heterocycles. The summed E-state index contributed by atoms with van der Waals surface area (Å²) in [5.74, 6) is 0.977. The number of aliphatic hydroxyl groups is 2. The third-order valence-electron chi connectivity index (χ3n) is 3.54. The van der Waals surface area contributed by atoms with Crippen molar-refractivity contribution < 1.29 is 23.7 Å². The predicted molar refractivity (Wildman–Crippen MR) is 67.8 cm³/mol. The molecule has 0 saturated carbocycles. The van der Waals surface area contributed by atoms with Crippen molar-refractivity contribution in [1.82, 2.24) is 19.5 Å². The molecule has 10 heteroatoms. The van der Waals surface area contributed by atoms with E-state index in [0.717, 1.165) is 10.9 Å². The van der Waals surface area contributed by atoms with E-state index in [-0.39, 0.29) is 11.2 Å². The normalized spacial score (nSPS) is 31.5. The maximum Gasteiger partial charge on any atom is 0.349 e. The minimum Gasteiger partial charge on any atom is -0.392 e. The van der Waals surface area contributed by atoms with Crippen LogP contribution >= 0.6 is 0 Å². The summed E-state index contributed by atoms with van der Waals surface area (Å²) in [5.41, 5.74) is -3.51. The summed E-state index contributed by atoms with van der Waals surface area (Å²) in [6.07, 6.45) is 0.831. The number of hydrogen-bond acceptors (Lipinski definition) is 6. The highest BCUT2D eigenvalue weighted by molar-refractivity contribution is 5.69. The number of nitrogens with one attached hydrogen (secondary N) is 1. The third-order valence-corrected chi connectivity index (χ3v) is 3.54. The minimum absolute atomic E-state index is 0.271. The fourth-order valence-corrected chi connectivity index (χ4v) is 2.35. The number of fused-ring (bicyclic) bond motifs is 1. The first-order chi connectivity index (χ1) is 10.4. The van der Waals surface area contributed by atoms with Gasteiger partial charge in [-0.05, 0) is 0 Å². The van der Waals surface area contributed by atoms with Gasteiger partial charge in [-0.2, -0.15) is 9.37 Å². The molecule has 116 valence electrons. The van der Waals surface area contributed by atoms with E-state index in [1.54, 1.807) is 0 Å². The molecule has 0 spiro atoms. The lowest BCUT2D eigenvalue weighted by molar-refractivity contribution is -0.0900. The monoisotopic (exact) mass is 312 g/mol. The second-order valence-corrected chi connectivity index (χ2v) is 4.77. The molecule has 0 radical (unpaired) electrons. The molecule has 3 N–H and O–H groups in total. The van der Waals surface area contributed by atoms with Gasteiger partial charge in [-0.25, -0.2) is 14.2 Å². The van der Waals surface area contributed by atoms with Crippen molar-refractivity contribution in [3.05, 3.63) is 22.8 Å². The number of alkyl halides is 1. The molecule has 4 unspecified atom stereocenters. The van der Waals surface area contributed by atoms with Crippen LogP contribution in [0.1, 0.15) is 6.23 Å². The lowest BCUT2D eigenvalue weighted by Gasteiger charge is -2.23. The van der Waals surface area contributed by atoms with Gasteiger partial charge in [0.15, 0.2) is 29.2 Å².